The lowest BCUT2D eigenvalue weighted by Gasteiger charge is -2.35. The molecule has 0 bridgehead atoms. The van der Waals surface area contributed by atoms with Crippen molar-refractivity contribution in [2.24, 2.45) is 5.41 Å². The second-order valence-corrected chi connectivity index (χ2v) is 11.4. The predicted octanol–water partition coefficient (Wildman–Crippen LogP) is 8.52. The van der Waals surface area contributed by atoms with Crippen LogP contribution in [-0.4, -0.2) is 15.7 Å². The highest BCUT2D eigenvalue weighted by Gasteiger charge is 2.28. The molecule has 0 amide bonds. The van der Waals surface area contributed by atoms with Gasteiger partial charge in [-0.3, -0.25) is 0 Å². The summed E-state index contributed by atoms with van der Waals surface area (Å²) in [5, 5.41) is 1.17. The van der Waals surface area contributed by atoms with E-state index in [0.29, 0.717) is 21.2 Å². The molecule has 3 unspecified atom stereocenters. The van der Waals surface area contributed by atoms with Crippen LogP contribution in [0.1, 0.15) is 91.9 Å². The Morgan fingerprint density at radius 1 is 0.667 bits per heavy atom. The van der Waals surface area contributed by atoms with Gasteiger partial charge in [-0.05, 0) is 63.2 Å². The third-order valence-corrected chi connectivity index (χ3v) is 6.08. The molecule has 0 fully saturated rings. The number of hydrogen-bond donors (Lipinski definition) is 3. The van der Waals surface area contributed by atoms with Crippen LogP contribution < -0.4 is 0 Å². The summed E-state index contributed by atoms with van der Waals surface area (Å²) in [6.07, 6.45) is 11.1. The summed E-state index contributed by atoms with van der Waals surface area (Å²) >= 11 is 13.6. The second kappa shape index (κ2) is 14.3. The SMILES string of the molecule is C=C(CCC(CC)(CCC(=C)CC(C)S)CCC(=C)CC(C)S)CC(C)S. The maximum atomic E-state index is 4.53. The minimum Gasteiger partial charge on any atom is -0.176 e. The summed E-state index contributed by atoms with van der Waals surface area (Å²) in [6.45, 7) is 21.7. The van der Waals surface area contributed by atoms with Crippen molar-refractivity contribution in [2.45, 2.75) is 108 Å². The van der Waals surface area contributed by atoms with Crippen molar-refractivity contribution in [1.29, 1.82) is 0 Å². The molecule has 27 heavy (non-hydrogen) atoms. The average Bonchev–Trinajstić information content (AvgIpc) is 2.52. The lowest BCUT2D eigenvalue weighted by atomic mass is 9.71. The first-order valence-electron chi connectivity index (χ1n) is 10.5. The van der Waals surface area contributed by atoms with Gasteiger partial charge in [0, 0.05) is 15.7 Å². The van der Waals surface area contributed by atoms with Crippen LogP contribution in [0.2, 0.25) is 0 Å². The van der Waals surface area contributed by atoms with Gasteiger partial charge in [0.2, 0.25) is 0 Å². The quantitative estimate of drug-likeness (QED) is 0.159. The minimum absolute atomic E-state index is 0.342. The first-order valence-corrected chi connectivity index (χ1v) is 12.1. The zero-order valence-corrected chi connectivity index (χ0v) is 20.9. The summed E-state index contributed by atoms with van der Waals surface area (Å²) in [7, 11) is 0. The molecule has 3 heteroatoms. The maximum Gasteiger partial charge on any atom is 0.00255 e. The van der Waals surface area contributed by atoms with Crippen LogP contribution in [0, 0.1) is 5.41 Å². The van der Waals surface area contributed by atoms with E-state index in [0.717, 1.165) is 38.5 Å². The van der Waals surface area contributed by atoms with Crippen LogP contribution in [0.25, 0.3) is 0 Å². The third-order valence-electron chi connectivity index (χ3n) is 5.53. The molecular formula is C24H44S3. The van der Waals surface area contributed by atoms with E-state index in [4.69, 9.17) is 0 Å². The van der Waals surface area contributed by atoms with Gasteiger partial charge < -0.3 is 0 Å². The van der Waals surface area contributed by atoms with Crippen molar-refractivity contribution in [3.8, 4) is 0 Å². The van der Waals surface area contributed by atoms with Crippen molar-refractivity contribution in [3.63, 3.8) is 0 Å². The van der Waals surface area contributed by atoms with Crippen LogP contribution in [0.3, 0.4) is 0 Å². The number of thiol groups is 3. The summed E-state index contributed by atoms with van der Waals surface area (Å²) < 4.78 is 0. The molecule has 0 nitrogen and oxygen atoms in total. The Labute approximate surface area is 187 Å². The Morgan fingerprint density at radius 2 is 0.926 bits per heavy atom. The fourth-order valence-corrected chi connectivity index (χ4v) is 4.57. The van der Waals surface area contributed by atoms with Gasteiger partial charge in [-0.2, -0.15) is 37.9 Å². The molecular weight excluding hydrogens is 384 g/mol. The number of hydrogen-bond acceptors (Lipinski definition) is 3. The zero-order valence-electron chi connectivity index (χ0n) is 18.3. The van der Waals surface area contributed by atoms with Gasteiger partial charge in [-0.15, -0.1) is 0 Å². The Hall–Kier alpha value is 0.270. The first kappa shape index (κ1) is 27.3. The Bertz CT molecular complexity index is 396. The van der Waals surface area contributed by atoms with Gasteiger partial charge in [-0.1, -0.05) is 70.6 Å². The largest absolute Gasteiger partial charge is 0.176 e. The van der Waals surface area contributed by atoms with Gasteiger partial charge in [-0.25, -0.2) is 0 Å². The van der Waals surface area contributed by atoms with Crippen LogP contribution in [0.5, 0.6) is 0 Å². The van der Waals surface area contributed by atoms with Crippen molar-refractivity contribution >= 4 is 37.9 Å². The molecule has 0 saturated heterocycles. The fraction of sp³-hybridized carbons (Fsp3) is 0.750. The summed E-state index contributed by atoms with van der Waals surface area (Å²) in [5.74, 6) is 0. The van der Waals surface area contributed by atoms with E-state index in [1.54, 1.807) is 0 Å². The molecule has 0 spiro atoms. The van der Waals surface area contributed by atoms with Gasteiger partial charge in [0.15, 0.2) is 0 Å². The summed E-state index contributed by atoms with van der Waals surface area (Å²) in [5.41, 5.74) is 4.34. The van der Waals surface area contributed by atoms with Crippen molar-refractivity contribution in [3.05, 3.63) is 36.5 Å². The lowest BCUT2D eigenvalue weighted by Crippen LogP contribution is -2.21. The Morgan fingerprint density at radius 3 is 1.11 bits per heavy atom. The lowest BCUT2D eigenvalue weighted by molar-refractivity contribution is 0.207. The molecule has 0 aliphatic heterocycles. The zero-order chi connectivity index (χ0) is 21.0. The minimum atomic E-state index is 0.342. The van der Waals surface area contributed by atoms with Gasteiger partial charge >= 0.3 is 0 Å². The van der Waals surface area contributed by atoms with Crippen molar-refractivity contribution in [2.75, 3.05) is 0 Å². The summed E-state index contributed by atoms with van der Waals surface area (Å²) in [6, 6.07) is 0. The summed E-state index contributed by atoms with van der Waals surface area (Å²) in [4.78, 5) is 0. The number of allylic oxidation sites excluding steroid dienone is 3. The average molecular weight is 429 g/mol. The molecule has 0 aromatic carbocycles. The highest BCUT2D eigenvalue weighted by molar-refractivity contribution is 7.81. The Balaban J connectivity index is 4.97. The van der Waals surface area contributed by atoms with Crippen molar-refractivity contribution in [1.82, 2.24) is 0 Å². The monoisotopic (exact) mass is 428 g/mol. The molecule has 0 rings (SSSR count). The first-order chi connectivity index (χ1) is 12.5. The normalized spacial score (nSPS) is 17.0. The maximum absolute atomic E-state index is 4.53. The predicted molar refractivity (Wildman–Crippen MR) is 137 cm³/mol. The molecule has 0 radical (unpaired) electrons. The number of rotatable bonds is 16. The van der Waals surface area contributed by atoms with E-state index in [2.05, 4.69) is 85.3 Å². The van der Waals surface area contributed by atoms with Gasteiger partial charge in [0.25, 0.3) is 0 Å². The highest BCUT2D eigenvalue weighted by atomic mass is 32.1. The molecule has 3 atom stereocenters. The molecule has 0 aliphatic carbocycles. The van der Waals surface area contributed by atoms with E-state index >= 15 is 0 Å². The molecule has 0 aromatic heterocycles. The van der Waals surface area contributed by atoms with Crippen LogP contribution in [0.4, 0.5) is 0 Å². The third kappa shape index (κ3) is 14.0. The molecule has 0 aliphatic rings. The molecule has 0 N–H and O–H groups in total. The fourth-order valence-electron chi connectivity index (χ4n) is 3.79. The second-order valence-electron chi connectivity index (χ2n) is 8.76. The van der Waals surface area contributed by atoms with E-state index < -0.39 is 0 Å². The van der Waals surface area contributed by atoms with E-state index in [1.807, 2.05) is 0 Å². The van der Waals surface area contributed by atoms with Gasteiger partial charge in [0.1, 0.15) is 0 Å². The van der Waals surface area contributed by atoms with E-state index in [-0.39, 0.29) is 0 Å². The van der Waals surface area contributed by atoms with Crippen molar-refractivity contribution < 1.29 is 0 Å². The van der Waals surface area contributed by atoms with Gasteiger partial charge in [0.05, 0.1) is 0 Å². The molecule has 0 saturated carbocycles. The standard InChI is InChI=1S/C24H44S3/c1-8-24(12-9-18(2)15-21(5)25,13-10-19(3)16-22(6)26)14-11-20(4)17-23(7)27/h21-23,25-27H,2-4,8-17H2,1,5-7H3. The molecule has 0 heterocycles. The van der Waals surface area contributed by atoms with E-state index in [1.165, 1.54) is 42.4 Å². The van der Waals surface area contributed by atoms with Crippen LogP contribution in [0.15, 0.2) is 36.5 Å². The molecule has 0 aromatic rings. The van der Waals surface area contributed by atoms with E-state index in [9.17, 15) is 0 Å². The Kier molecular flexibility index (Phi) is 14.4. The molecule has 158 valence electrons. The smallest absolute Gasteiger partial charge is 0.00255 e. The topological polar surface area (TPSA) is 0 Å². The highest BCUT2D eigenvalue weighted by Crippen LogP contribution is 2.42. The van der Waals surface area contributed by atoms with Crippen LogP contribution in [-0.2, 0) is 0 Å². The van der Waals surface area contributed by atoms with Crippen LogP contribution >= 0.6 is 37.9 Å².